The summed E-state index contributed by atoms with van der Waals surface area (Å²) in [5.74, 6) is 1.64. The maximum Gasteiger partial charge on any atom is 0.231 e. The van der Waals surface area contributed by atoms with Gasteiger partial charge in [0.1, 0.15) is 0 Å². The quantitative estimate of drug-likeness (QED) is 0.821. The Hall–Kier alpha value is -1.46. The monoisotopic (exact) mass is 250 g/mol. The fourth-order valence-electron chi connectivity index (χ4n) is 2.49. The zero-order valence-electron chi connectivity index (χ0n) is 10.3. The van der Waals surface area contributed by atoms with Gasteiger partial charge in [-0.25, -0.2) is 0 Å². The second-order valence-electron chi connectivity index (χ2n) is 4.65. The molecular weight excluding hydrogens is 232 g/mol. The molecule has 2 heterocycles. The van der Waals surface area contributed by atoms with Crippen molar-refractivity contribution in [2.24, 2.45) is 0 Å². The molecular formula is C13H18N2O3. The molecule has 2 aliphatic heterocycles. The Bertz CT molecular complexity index is 423. The highest BCUT2D eigenvalue weighted by Crippen LogP contribution is 2.35. The molecule has 0 radical (unpaired) electrons. The van der Waals surface area contributed by atoms with E-state index in [0.717, 1.165) is 43.2 Å². The van der Waals surface area contributed by atoms with Crippen molar-refractivity contribution in [2.45, 2.75) is 12.5 Å². The predicted molar refractivity (Wildman–Crippen MR) is 68.3 cm³/mol. The first kappa shape index (κ1) is 11.6. The van der Waals surface area contributed by atoms with E-state index >= 15 is 0 Å². The number of rotatable bonds is 3. The van der Waals surface area contributed by atoms with Crippen LogP contribution in [0.2, 0.25) is 0 Å². The van der Waals surface area contributed by atoms with Crippen molar-refractivity contribution in [2.75, 3.05) is 37.9 Å². The van der Waals surface area contributed by atoms with Crippen LogP contribution in [0.5, 0.6) is 11.5 Å². The van der Waals surface area contributed by atoms with E-state index in [0.29, 0.717) is 12.8 Å². The van der Waals surface area contributed by atoms with E-state index in [1.54, 1.807) is 0 Å². The summed E-state index contributed by atoms with van der Waals surface area (Å²) < 4.78 is 10.7. The third-order valence-corrected chi connectivity index (χ3v) is 3.45. The minimum Gasteiger partial charge on any atom is -0.454 e. The van der Waals surface area contributed by atoms with E-state index in [9.17, 15) is 0 Å². The lowest BCUT2D eigenvalue weighted by Gasteiger charge is -2.35. The Morgan fingerprint density at radius 1 is 1.33 bits per heavy atom. The lowest BCUT2D eigenvalue weighted by Crippen LogP contribution is -2.51. The molecule has 0 aliphatic carbocycles. The number of hydrogen-bond acceptors (Lipinski definition) is 5. The summed E-state index contributed by atoms with van der Waals surface area (Å²) in [4.78, 5) is 2.32. The molecule has 1 saturated heterocycles. The second kappa shape index (κ2) is 5.04. The number of hydrogen-bond donors (Lipinski definition) is 2. The molecule has 0 saturated carbocycles. The van der Waals surface area contributed by atoms with Crippen LogP contribution in [0.25, 0.3) is 0 Å². The Morgan fingerprint density at radius 2 is 2.22 bits per heavy atom. The van der Waals surface area contributed by atoms with E-state index in [4.69, 9.17) is 14.6 Å². The molecule has 1 aromatic rings. The molecule has 5 nitrogen and oxygen atoms in total. The summed E-state index contributed by atoms with van der Waals surface area (Å²) in [6.07, 6.45) is 0.793. The van der Waals surface area contributed by atoms with Crippen LogP contribution in [-0.4, -0.2) is 44.2 Å². The van der Waals surface area contributed by atoms with Crippen molar-refractivity contribution in [3.63, 3.8) is 0 Å². The van der Waals surface area contributed by atoms with Gasteiger partial charge in [-0.05, 0) is 18.6 Å². The average molecular weight is 250 g/mol. The maximum absolute atomic E-state index is 9.01. The van der Waals surface area contributed by atoms with Crippen LogP contribution in [0.1, 0.15) is 6.42 Å². The normalized spacial score (nSPS) is 22.3. The lowest BCUT2D eigenvalue weighted by atomic mass is 10.1. The summed E-state index contributed by atoms with van der Waals surface area (Å²) in [6.45, 7) is 3.38. The van der Waals surface area contributed by atoms with Gasteiger partial charge < -0.3 is 24.8 Å². The van der Waals surface area contributed by atoms with E-state index in [1.165, 1.54) is 0 Å². The van der Waals surface area contributed by atoms with Crippen LogP contribution in [0.3, 0.4) is 0 Å². The Morgan fingerprint density at radius 3 is 3.11 bits per heavy atom. The molecule has 0 bridgehead atoms. The summed E-state index contributed by atoms with van der Waals surface area (Å²) in [5.41, 5.74) is 1.16. The summed E-state index contributed by atoms with van der Waals surface area (Å²) in [5, 5.41) is 12.4. The standard InChI is InChI=1S/C13H18N2O3/c16-6-3-10-8-15(5-4-14-10)11-1-2-12-13(7-11)18-9-17-12/h1-2,7,10,14,16H,3-6,8-9H2. The molecule has 3 rings (SSSR count). The molecule has 2 N–H and O–H groups in total. The number of ether oxygens (including phenoxy) is 2. The number of anilines is 1. The topological polar surface area (TPSA) is 54.0 Å². The van der Waals surface area contributed by atoms with Gasteiger partial charge in [0.05, 0.1) is 0 Å². The minimum absolute atomic E-state index is 0.229. The van der Waals surface area contributed by atoms with Gasteiger partial charge in [-0.2, -0.15) is 0 Å². The van der Waals surface area contributed by atoms with Crippen LogP contribution >= 0.6 is 0 Å². The van der Waals surface area contributed by atoms with E-state index in [1.807, 2.05) is 12.1 Å². The van der Waals surface area contributed by atoms with Crippen LogP contribution < -0.4 is 19.7 Å². The molecule has 2 aliphatic rings. The number of aliphatic hydroxyl groups is 1. The minimum atomic E-state index is 0.229. The highest BCUT2D eigenvalue weighted by atomic mass is 16.7. The average Bonchev–Trinajstić information content (AvgIpc) is 2.86. The van der Waals surface area contributed by atoms with Crippen molar-refractivity contribution in [1.29, 1.82) is 0 Å². The Balaban J connectivity index is 1.73. The number of benzene rings is 1. The highest BCUT2D eigenvalue weighted by molar-refractivity contribution is 5.57. The van der Waals surface area contributed by atoms with Crippen LogP contribution in [-0.2, 0) is 0 Å². The van der Waals surface area contributed by atoms with Gasteiger partial charge in [0.15, 0.2) is 11.5 Å². The Kier molecular flexibility index (Phi) is 3.25. The number of piperazine rings is 1. The molecule has 1 atom stereocenters. The van der Waals surface area contributed by atoms with Crippen molar-refractivity contribution < 1.29 is 14.6 Å². The summed E-state index contributed by atoms with van der Waals surface area (Å²) >= 11 is 0. The summed E-state index contributed by atoms with van der Waals surface area (Å²) in [6, 6.07) is 6.41. The first-order chi connectivity index (χ1) is 8.86. The van der Waals surface area contributed by atoms with Crippen molar-refractivity contribution in [1.82, 2.24) is 5.32 Å². The maximum atomic E-state index is 9.01. The smallest absolute Gasteiger partial charge is 0.231 e. The molecule has 98 valence electrons. The first-order valence-corrected chi connectivity index (χ1v) is 6.35. The third-order valence-electron chi connectivity index (χ3n) is 3.45. The molecule has 0 amide bonds. The zero-order valence-corrected chi connectivity index (χ0v) is 10.3. The van der Waals surface area contributed by atoms with Crippen LogP contribution in [0, 0.1) is 0 Å². The molecule has 1 fully saturated rings. The van der Waals surface area contributed by atoms with Crippen molar-refractivity contribution in [3.8, 4) is 11.5 Å². The highest BCUT2D eigenvalue weighted by Gasteiger charge is 2.21. The molecule has 1 aromatic carbocycles. The first-order valence-electron chi connectivity index (χ1n) is 6.35. The molecule has 0 spiro atoms. The van der Waals surface area contributed by atoms with Gasteiger partial charge in [-0.15, -0.1) is 0 Å². The van der Waals surface area contributed by atoms with Crippen LogP contribution in [0.15, 0.2) is 18.2 Å². The zero-order chi connectivity index (χ0) is 12.4. The summed E-state index contributed by atoms with van der Waals surface area (Å²) in [7, 11) is 0. The predicted octanol–water partition coefficient (Wildman–Crippen LogP) is 0.576. The van der Waals surface area contributed by atoms with Crippen molar-refractivity contribution >= 4 is 5.69 Å². The van der Waals surface area contributed by atoms with Gasteiger partial charge in [0.2, 0.25) is 6.79 Å². The fourth-order valence-corrected chi connectivity index (χ4v) is 2.49. The van der Waals surface area contributed by atoms with E-state index in [2.05, 4.69) is 16.3 Å². The van der Waals surface area contributed by atoms with Crippen LogP contribution in [0.4, 0.5) is 5.69 Å². The SMILES string of the molecule is OCCC1CN(c2ccc3c(c2)OCO3)CCN1. The van der Waals surface area contributed by atoms with Gasteiger partial charge in [0, 0.05) is 44.0 Å². The second-order valence-corrected chi connectivity index (χ2v) is 4.65. The third kappa shape index (κ3) is 2.23. The molecule has 1 unspecified atom stereocenters. The van der Waals surface area contributed by atoms with Gasteiger partial charge in [0.25, 0.3) is 0 Å². The van der Waals surface area contributed by atoms with Crippen molar-refractivity contribution in [3.05, 3.63) is 18.2 Å². The lowest BCUT2D eigenvalue weighted by molar-refractivity contribution is 0.174. The number of nitrogens with zero attached hydrogens (tertiary/aromatic N) is 1. The fraction of sp³-hybridized carbons (Fsp3) is 0.538. The van der Waals surface area contributed by atoms with Gasteiger partial charge in [-0.3, -0.25) is 0 Å². The van der Waals surface area contributed by atoms with Gasteiger partial charge >= 0.3 is 0 Å². The molecule has 5 heteroatoms. The largest absolute Gasteiger partial charge is 0.454 e. The number of nitrogens with one attached hydrogen (secondary N) is 1. The number of aliphatic hydroxyl groups excluding tert-OH is 1. The molecule has 18 heavy (non-hydrogen) atoms. The molecule has 0 aromatic heterocycles. The van der Waals surface area contributed by atoms with E-state index < -0.39 is 0 Å². The van der Waals surface area contributed by atoms with E-state index in [-0.39, 0.29) is 6.61 Å². The number of fused-ring (bicyclic) bond motifs is 1. The van der Waals surface area contributed by atoms with Gasteiger partial charge in [-0.1, -0.05) is 0 Å². The Labute approximate surface area is 106 Å².